The van der Waals surface area contributed by atoms with Crippen molar-refractivity contribution in [3.8, 4) is 11.3 Å². The van der Waals surface area contributed by atoms with Crippen LogP contribution in [-0.4, -0.2) is 25.7 Å². The molecule has 156 valence electrons. The standard InChI is InChI=1S/C22H25N5O2S/c1-11(2)19-10-30-22(25-19)26-21(28)16-8-18(15-7-13(5)29-14(15)6)24-20-17(16)9-23-27(20)12(3)4/h7-12H,1-6H3,(H,25,26,28). The molecule has 1 N–H and O–H groups in total. The average molecular weight is 424 g/mol. The van der Waals surface area contributed by atoms with E-state index in [0.717, 1.165) is 22.8 Å². The van der Waals surface area contributed by atoms with E-state index < -0.39 is 0 Å². The van der Waals surface area contributed by atoms with Gasteiger partial charge in [-0.1, -0.05) is 13.8 Å². The summed E-state index contributed by atoms with van der Waals surface area (Å²) in [6, 6.07) is 3.86. The number of anilines is 1. The molecule has 0 aromatic carbocycles. The summed E-state index contributed by atoms with van der Waals surface area (Å²) in [5.41, 5.74) is 3.71. The number of hydrogen-bond acceptors (Lipinski definition) is 6. The molecular formula is C22H25N5O2S. The maximum Gasteiger partial charge on any atom is 0.258 e. The highest BCUT2D eigenvalue weighted by molar-refractivity contribution is 7.14. The molecule has 0 fully saturated rings. The molecule has 0 aliphatic heterocycles. The summed E-state index contributed by atoms with van der Waals surface area (Å²) in [6.07, 6.45) is 1.70. The molecule has 0 atom stereocenters. The average Bonchev–Trinajstić information content (AvgIpc) is 3.38. The third-order valence-corrected chi connectivity index (χ3v) is 5.73. The fourth-order valence-corrected chi connectivity index (χ4v) is 4.25. The molecule has 0 saturated carbocycles. The summed E-state index contributed by atoms with van der Waals surface area (Å²) in [6.45, 7) is 12.0. The van der Waals surface area contributed by atoms with Crippen molar-refractivity contribution in [3.63, 3.8) is 0 Å². The molecular weight excluding hydrogens is 398 g/mol. The SMILES string of the molecule is Cc1cc(-c2cc(C(=O)Nc3nc(C(C)C)cs3)c3cnn(C(C)C)c3n2)c(C)o1. The molecule has 7 nitrogen and oxygen atoms in total. The lowest BCUT2D eigenvalue weighted by Gasteiger charge is -2.10. The van der Waals surface area contributed by atoms with Crippen LogP contribution in [0.1, 0.15) is 67.2 Å². The Morgan fingerprint density at radius 2 is 1.93 bits per heavy atom. The van der Waals surface area contributed by atoms with Gasteiger partial charge in [-0.2, -0.15) is 5.10 Å². The van der Waals surface area contributed by atoms with E-state index in [1.54, 1.807) is 12.3 Å². The summed E-state index contributed by atoms with van der Waals surface area (Å²) in [4.78, 5) is 22.6. The van der Waals surface area contributed by atoms with Gasteiger partial charge < -0.3 is 4.42 Å². The van der Waals surface area contributed by atoms with Crippen molar-refractivity contribution < 1.29 is 9.21 Å². The summed E-state index contributed by atoms with van der Waals surface area (Å²) in [5.74, 6) is 1.65. The maximum absolute atomic E-state index is 13.2. The van der Waals surface area contributed by atoms with Crippen LogP contribution < -0.4 is 5.32 Å². The fourth-order valence-electron chi connectivity index (χ4n) is 3.38. The number of aryl methyl sites for hydroxylation is 2. The monoisotopic (exact) mass is 423 g/mol. The van der Waals surface area contributed by atoms with Gasteiger partial charge in [-0.3, -0.25) is 10.1 Å². The molecule has 0 spiro atoms. The highest BCUT2D eigenvalue weighted by Crippen LogP contribution is 2.31. The van der Waals surface area contributed by atoms with Crippen LogP contribution in [0.4, 0.5) is 5.13 Å². The number of rotatable bonds is 5. The molecule has 4 heterocycles. The second kappa shape index (κ2) is 7.68. The topological polar surface area (TPSA) is 85.8 Å². The van der Waals surface area contributed by atoms with E-state index in [-0.39, 0.29) is 11.9 Å². The van der Waals surface area contributed by atoms with Crippen LogP contribution in [-0.2, 0) is 0 Å². The Morgan fingerprint density at radius 1 is 1.17 bits per heavy atom. The van der Waals surface area contributed by atoms with E-state index in [1.165, 1.54) is 11.3 Å². The second-order valence-corrected chi connectivity index (χ2v) is 8.85. The lowest BCUT2D eigenvalue weighted by molar-refractivity contribution is 0.102. The maximum atomic E-state index is 13.2. The number of fused-ring (bicyclic) bond motifs is 1. The molecule has 1 amide bonds. The van der Waals surface area contributed by atoms with Crippen molar-refractivity contribution in [2.75, 3.05) is 5.32 Å². The molecule has 0 unspecified atom stereocenters. The normalized spacial score (nSPS) is 11.7. The number of furan rings is 1. The molecule has 8 heteroatoms. The zero-order chi connectivity index (χ0) is 21.6. The summed E-state index contributed by atoms with van der Waals surface area (Å²) in [7, 11) is 0. The minimum absolute atomic E-state index is 0.112. The van der Waals surface area contributed by atoms with Crippen molar-refractivity contribution in [3.05, 3.63) is 46.5 Å². The first-order chi connectivity index (χ1) is 14.2. The zero-order valence-electron chi connectivity index (χ0n) is 18.0. The molecule has 0 aliphatic rings. The lowest BCUT2D eigenvalue weighted by Crippen LogP contribution is -2.13. The number of thiazole rings is 1. The second-order valence-electron chi connectivity index (χ2n) is 7.99. The van der Waals surface area contributed by atoms with E-state index in [0.29, 0.717) is 33.3 Å². The Bertz CT molecular complexity index is 1230. The Morgan fingerprint density at radius 3 is 2.53 bits per heavy atom. The summed E-state index contributed by atoms with van der Waals surface area (Å²) in [5, 5.41) is 10.7. The minimum Gasteiger partial charge on any atom is -0.466 e. The van der Waals surface area contributed by atoms with E-state index in [2.05, 4.69) is 29.2 Å². The number of aromatic nitrogens is 4. The molecule has 30 heavy (non-hydrogen) atoms. The van der Waals surface area contributed by atoms with Crippen LogP contribution in [0.5, 0.6) is 0 Å². The van der Waals surface area contributed by atoms with Gasteiger partial charge in [0.1, 0.15) is 11.5 Å². The van der Waals surface area contributed by atoms with E-state index in [4.69, 9.17) is 9.40 Å². The molecule has 4 aromatic heterocycles. The van der Waals surface area contributed by atoms with Gasteiger partial charge in [-0.05, 0) is 45.7 Å². The minimum atomic E-state index is -0.227. The summed E-state index contributed by atoms with van der Waals surface area (Å²) < 4.78 is 7.52. The lowest BCUT2D eigenvalue weighted by atomic mass is 10.1. The van der Waals surface area contributed by atoms with Crippen LogP contribution in [0.2, 0.25) is 0 Å². The smallest absolute Gasteiger partial charge is 0.258 e. The molecule has 0 bridgehead atoms. The van der Waals surface area contributed by atoms with Gasteiger partial charge in [-0.25, -0.2) is 14.6 Å². The van der Waals surface area contributed by atoms with Gasteiger partial charge in [-0.15, -0.1) is 11.3 Å². The summed E-state index contributed by atoms with van der Waals surface area (Å²) >= 11 is 1.43. The molecule has 4 rings (SSSR count). The van der Waals surface area contributed by atoms with Gasteiger partial charge in [0.25, 0.3) is 5.91 Å². The highest BCUT2D eigenvalue weighted by Gasteiger charge is 2.21. The Kier molecular flexibility index (Phi) is 5.19. The molecule has 0 aliphatic carbocycles. The predicted octanol–water partition coefficient (Wildman–Crippen LogP) is 5.72. The number of carbonyl (C=O) groups is 1. The molecule has 0 radical (unpaired) electrons. The number of carbonyl (C=O) groups excluding carboxylic acids is 1. The highest BCUT2D eigenvalue weighted by atomic mass is 32.1. The number of nitrogens with one attached hydrogen (secondary N) is 1. The first kappa shape index (κ1) is 20.3. The van der Waals surface area contributed by atoms with Crippen molar-refractivity contribution in [1.29, 1.82) is 0 Å². The number of amides is 1. The quantitative estimate of drug-likeness (QED) is 0.443. The first-order valence-electron chi connectivity index (χ1n) is 9.97. The largest absolute Gasteiger partial charge is 0.466 e. The number of pyridine rings is 1. The van der Waals surface area contributed by atoms with Crippen LogP contribution in [0, 0.1) is 13.8 Å². The van der Waals surface area contributed by atoms with Gasteiger partial charge in [0.15, 0.2) is 10.8 Å². The Balaban J connectivity index is 1.82. The van der Waals surface area contributed by atoms with E-state index in [9.17, 15) is 4.79 Å². The molecule has 4 aromatic rings. The number of nitrogens with zero attached hydrogens (tertiary/aromatic N) is 4. The van der Waals surface area contributed by atoms with E-state index >= 15 is 0 Å². The number of hydrogen-bond donors (Lipinski definition) is 1. The first-order valence-corrected chi connectivity index (χ1v) is 10.8. The van der Waals surface area contributed by atoms with Gasteiger partial charge in [0, 0.05) is 17.0 Å². The van der Waals surface area contributed by atoms with Crippen molar-refractivity contribution in [1.82, 2.24) is 19.7 Å². The molecule has 0 saturated heterocycles. The predicted molar refractivity (Wildman–Crippen MR) is 119 cm³/mol. The van der Waals surface area contributed by atoms with E-state index in [1.807, 2.05) is 43.8 Å². The van der Waals surface area contributed by atoms with Crippen molar-refractivity contribution in [2.45, 2.75) is 53.5 Å². The van der Waals surface area contributed by atoms with Gasteiger partial charge in [0.2, 0.25) is 0 Å². The van der Waals surface area contributed by atoms with Gasteiger partial charge in [0.05, 0.1) is 28.5 Å². The third kappa shape index (κ3) is 3.63. The Hall–Kier alpha value is -3.00. The zero-order valence-corrected chi connectivity index (χ0v) is 18.8. The van der Waals surface area contributed by atoms with Crippen LogP contribution in [0.25, 0.3) is 22.3 Å². The van der Waals surface area contributed by atoms with Crippen LogP contribution in [0.3, 0.4) is 0 Å². The Labute approximate surface area is 179 Å². The third-order valence-electron chi connectivity index (χ3n) is 4.95. The van der Waals surface area contributed by atoms with Crippen molar-refractivity contribution in [2.24, 2.45) is 0 Å². The fraction of sp³-hybridized carbons (Fsp3) is 0.364. The van der Waals surface area contributed by atoms with Crippen LogP contribution >= 0.6 is 11.3 Å². The van der Waals surface area contributed by atoms with Crippen molar-refractivity contribution >= 4 is 33.4 Å². The van der Waals surface area contributed by atoms with Crippen LogP contribution in [0.15, 0.2) is 28.1 Å². The van der Waals surface area contributed by atoms with Gasteiger partial charge >= 0.3 is 0 Å².